The first-order valence-electron chi connectivity index (χ1n) is 9.31. The monoisotopic (exact) mass is 444 g/mol. The highest BCUT2D eigenvalue weighted by Crippen LogP contribution is 2.25. The van der Waals surface area contributed by atoms with Crippen LogP contribution in [0, 0.1) is 12.7 Å². The van der Waals surface area contributed by atoms with Crippen molar-refractivity contribution in [1.82, 2.24) is 19.7 Å². The molecule has 0 radical (unpaired) electrons. The molecular weight excluding hydrogens is 423 g/mol. The molecular formula is C22H22ClFN4OS. The lowest BCUT2D eigenvalue weighted by Crippen LogP contribution is -2.28. The highest BCUT2D eigenvalue weighted by Gasteiger charge is 2.18. The summed E-state index contributed by atoms with van der Waals surface area (Å²) in [6, 6.07) is 12.5. The molecule has 0 fully saturated rings. The van der Waals surface area contributed by atoms with E-state index in [1.807, 2.05) is 35.8 Å². The quantitative estimate of drug-likeness (QED) is 0.363. The van der Waals surface area contributed by atoms with Crippen molar-refractivity contribution in [2.24, 2.45) is 0 Å². The van der Waals surface area contributed by atoms with Gasteiger partial charge < -0.3 is 4.90 Å². The summed E-state index contributed by atoms with van der Waals surface area (Å²) in [5.41, 5.74) is 2.38. The van der Waals surface area contributed by atoms with Gasteiger partial charge in [0, 0.05) is 36.3 Å². The number of amides is 1. The van der Waals surface area contributed by atoms with Crippen LogP contribution in [0.3, 0.4) is 0 Å². The Hall–Kier alpha value is -2.64. The maximum atomic E-state index is 14.0. The molecule has 0 bridgehead atoms. The highest BCUT2D eigenvalue weighted by molar-refractivity contribution is 7.99. The van der Waals surface area contributed by atoms with Gasteiger partial charge in [0.05, 0.1) is 5.75 Å². The Morgan fingerprint density at radius 1 is 1.30 bits per heavy atom. The van der Waals surface area contributed by atoms with Crippen molar-refractivity contribution < 1.29 is 9.18 Å². The topological polar surface area (TPSA) is 51.0 Å². The zero-order valence-electron chi connectivity index (χ0n) is 16.8. The molecule has 0 saturated carbocycles. The second kappa shape index (κ2) is 9.91. The summed E-state index contributed by atoms with van der Waals surface area (Å²) < 4.78 is 15.9. The van der Waals surface area contributed by atoms with Crippen LogP contribution in [0.15, 0.2) is 60.3 Å². The fourth-order valence-electron chi connectivity index (χ4n) is 2.93. The maximum Gasteiger partial charge on any atom is 0.233 e. The zero-order chi connectivity index (χ0) is 21.7. The fraction of sp³-hybridized carbons (Fsp3) is 0.227. The van der Waals surface area contributed by atoms with Crippen molar-refractivity contribution in [3.63, 3.8) is 0 Å². The molecule has 0 aliphatic carbocycles. The predicted octanol–water partition coefficient (Wildman–Crippen LogP) is 4.98. The van der Waals surface area contributed by atoms with Gasteiger partial charge in [-0.2, -0.15) is 0 Å². The number of thioether (sulfide) groups is 1. The number of aromatic nitrogens is 3. The Balaban J connectivity index is 1.72. The Morgan fingerprint density at radius 2 is 2.07 bits per heavy atom. The number of aryl methyl sites for hydroxylation is 1. The smallest absolute Gasteiger partial charge is 0.233 e. The first-order valence-corrected chi connectivity index (χ1v) is 10.7. The van der Waals surface area contributed by atoms with E-state index in [0.717, 1.165) is 17.0 Å². The minimum atomic E-state index is -0.427. The molecule has 1 amide bonds. The molecule has 0 saturated heterocycles. The molecule has 0 spiro atoms. The van der Waals surface area contributed by atoms with Crippen LogP contribution >= 0.6 is 23.4 Å². The average molecular weight is 445 g/mol. The predicted molar refractivity (Wildman–Crippen MR) is 119 cm³/mol. The number of rotatable bonds is 8. The molecule has 0 aliphatic heterocycles. The molecule has 30 heavy (non-hydrogen) atoms. The van der Waals surface area contributed by atoms with E-state index in [4.69, 9.17) is 11.6 Å². The van der Waals surface area contributed by atoms with Gasteiger partial charge in [0.25, 0.3) is 0 Å². The highest BCUT2D eigenvalue weighted by atomic mass is 35.5. The van der Waals surface area contributed by atoms with E-state index in [-0.39, 0.29) is 18.2 Å². The minimum absolute atomic E-state index is 0.0960. The number of carbonyl (C=O) groups excluding carboxylic acids is 1. The van der Waals surface area contributed by atoms with Gasteiger partial charge >= 0.3 is 0 Å². The molecule has 1 aromatic heterocycles. The summed E-state index contributed by atoms with van der Waals surface area (Å²) in [5, 5.41) is 9.50. The van der Waals surface area contributed by atoms with Crippen LogP contribution in [-0.2, 0) is 17.9 Å². The van der Waals surface area contributed by atoms with Crippen molar-refractivity contribution in [1.29, 1.82) is 0 Å². The van der Waals surface area contributed by atoms with Gasteiger partial charge in [0.1, 0.15) is 5.82 Å². The summed E-state index contributed by atoms with van der Waals surface area (Å²) in [7, 11) is 1.62. The molecule has 0 aliphatic rings. The first-order chi connectivity index (χ1) is 14.4. The molecule has 1 heterocycles. The molecule has 0 atom stereocenters. The fourth-order valence-corrected chi connectivity index (χ4v) is 4.04. The summed E-state index contributed by atoms with van der Waals surface area (Å²) in [5.74, 6) is 0.277. The Morgan fingerprint density at radius 3 is 2.77 bits per heavy atom. The van der Waals surface area contributed by atoms with Crippen LogP contribution in [0.2, 0.25) is 5.02 Å². The van der Waals surface area contributed by atoms with Crippen LogP contribution in [0.1, 0.15) is 11.1 Å². The van der Waals surface area contributed by atoms with Gasteiger partial charge in [-0.15, -0.1) is 16.8 Å². The normalized spacial score (nSPS) is 10.8. The molecule has 0 unspecified atom stereocenters. The lowest BCUT2D eigenvalue weighted by Gasteiger charge is -2.18. The summed E-state index contributed by atoms with van der Waals surface area (Å²) >= 11 is 7.35. The third kappa shape index (κ3) is 5.09. The van der Waals surface area contributed by atoms with Gasteiger partial charge in [-0.25, -0.2) is 4.39 Å². The summed E-state index contributed by atoms with van der Waals surface area (Å²) in [6.45, 7) is 6.44. The van der Waals surface area contributed by atoms with Gasteiger partial charge in [-0.3, -0.25) is 9.36 Å². The number of hydrogen-bond acceptors (Lipinski definition) is 4. The van der Waals surface area contributed by atoms with Crippen molar-refractivity contribution >= 4 is 29.3 Å². The number of carbonyl (C=O) groups is 1. The van der Waals surface area contributed by atoms with Gasteiger partial charge in [-0.05, 0) is 25.1 Å². The van der Waals surface area contributed by atoms with Gasteiger partial charge in [0.15, 0.2) is 11.0 Å². The minimum Gasteiger partial charge on any atom is -0.341 e. The standard InChI is InChI=1S/C22H22ClFN4OS/c1-4-11-28-21(16-8-5-7-15(2)12-16)25-26-22(28)30-14-20(29)27(3)13-17-18(23)9-6-10-19(17)24/h4-10,12H,1,11,13-14H2,2-3H3. The lowest BCUT2D eigenvalue weighted by molar-refractivity contribution is -0.127. The summed E-state index contributed by atoms with van der Waals surface area (Å²) in [6.07, 6.45) is 1.76. The van der Waals surface area contributed by atoms with Crippen molar-refractivity contribution in [3.8, 4) is 11.4 Å². The second-order valence-electron chi connectivity index (χ2n) is 6.81. The van der Waals surface area contributed by atoms with E-state index in [9.17, 15) is 9.18 Å². The van der Waals surface area contributed by atoms with Crippen LogP contribution in [-0.4, -0.2) is 38.4 Å². The molecule has 8 heteroatoms. The number of hydrogen-bond donors (Lipinski definition) is 0. The first kappa shape index (κ1) is 22.1. The Kier molecular flexibility index (Phi) is 7.29. The number of benzene rings is 2. The van der Waals surface area contributed by atoms with E-state index < -0.39 is 5.82 Å². The van der Waals surface area contributed by atoms with Crippen molar-refractivity contribution in [2.45, 2.75) is 25.2 Å². The van der Waals surface area contributed by atoms with Crippen LogP contribution in [0.5, 0.6) is 0 Å². The molecule has 3 rings (SSSR count). The Labute approximate surface area is 184 Å². The van der Waals surface area contributed by atoms with E-state index in [0.29, 0.717) is 22.3 Å². The molecule has 2 aromatic carbocycles. The molecule has 3 aromatic rings. The number of allylic oxidation sites excluding steroid dienone is 1. The molecule has 156 valence electrons. The van der Waals surface area contributed by atoms with Crippen LogP contribution in [0.4, 0.5) is 4.39 Å². The third-order valence-electron chi connectivity index (χ3n) is 4.51. The van der Waals surface area contributed by atoms with E-state index in [1.165, 1.54) is 28.8 Å². The average Bonchev–Trinajstić information content (AvgIpc) is 3.12. The molecule has 5 nitrogen and oxygen atoms in total. The van der Waals surface area contributed by atoms with E-state index in [2.05, 4.69) is 16.8 Å². The second-order valence-corrected chi connectivity index (χ2v) is 8.16. The Bertz CT molecular complexity index is 1050. The summed E-state index contributed by atoms with van der Waals surface area (Å²) in [4.78, 5) is 14.0. The SMILES string of the molecule is C=CCn1c(SCC(=O)N(C)Cc2c(F)cccc2Cl)nnc1-c1cccc(C)c1. The largest absolute Gasteiger partial charge is 0.341 e. The van der Waals surface area contributed by atoms with E-state index >= 15 is 0 Å². The maximum absolute atomic E-state index is 14.0. The lowest BCUT2D eigenvalue weighted by atomic mass is 10.1. The van der Waals surface area contributed by atoms with E-state index in [1.54, 1.807) is 19.2 Å². The zero-order valence-corrected chi connectivity index (χ0v) is 18.4. The van der Waals surface area contributed by atoms with Crippen molar-refractivity contribution in [2.75, 3.05) is 12.8 Å². The molecule has 0 N–H and O–H groups in total. The van der Waals surface area contributed by atoms with Crippen LogP contribution in [0.25, 0.3) is 11.4 Å². The third-order valence-corrected chi connectivity index (χ3v) is 5.82. The number of halogens is 2. The van der Waals surface area contributed by atoms with Crippen LogP contribution < -0.4 is 0 Å². The number of nitrogens with zero attached hydrogens (tertiary/aromatic N) is 4. The van der Waals surface area contributed by atoms with Gasteiger partial charge in [-0.1, -0.05) is 59.3 Å². The van der Waals surface area contributed by atoms with Gasteiger partial charge in [0.2, 0.25) is 5.91 Å². The van der Waals surface area contributed by atoms with Crippen molar-refractivity contribution in [3.05, 3.63) is 77.1 Å².